The molecule has 0 saturated carbocycles. The van der Waals surface area contributed by atoms with Crippen LogP contribution in [0, 0.1) is 0 Å². The number of sulfonamides is 1. The van der Waals surface area contributed by atoms with Gasteiger partial charge in [0.25, 0.3) is 0 Å². The number of amides is 1. The smallest absolute Gasteiger partial charge is 0.407 e. The molecule has 3 rings (SSSR count). The predicted molar refractivity (Wildman–Crippen MR) is 163 cm³/mol. The Morgan fingerprint density at radius 1 is 1.02 bits per heavy atom. The third kappa shape index (κ3) is 10.3. The number of anilines is 1. The maximum absolute atomic E-state index is 12.7. The molecule has 0 bridgehead atoms. The highest BCUT2D eigenvalue weighted by molar-refractivity contribution is 7.88. The van der Waals surface area contributed by atoms with Crippen molar-refractivity contribution in [3.63, 3.8) is 0 Å². The summed E-state index contributed by atoms with van der Waals surface area (Å²) in [5, 5.41) is 9.83. The summed E-state index contributed by atoms with van der Waals surface area (Å²) < 4.78 is 37.2. The number of nitrogens with zero attached hydrogens (tertiary/aromatic N) is 4. The van der Waals surface area contributed by atoms with Gasteiger partial charge in [0.2, 0.25) is 10.0 Å². The molecule has 0 atom stereocenters. The topological polar surface area (TPSA) is 120 Å². The molecule has 0 unspecified atom stereocenters. The van der Waals surface area contributed by atoms with Crippen LogP contribution < -0.4 is 9.64 Å². The first-order valence-electron chi connectivity index (χ1n) is 13.7. The lowest BCUT2D eigenvalue weighted by Gasteiger charge is -2.35. The molecule has 42 heavy (non-hydrogen) atoms. The number of halogens is 1. The van der Waals surface area contributed by atoms with Gasteiger partial charge in [-0.05, 0) is 56.2 Å². The Bertz CT molecular complexity index is 1320. The molecule has 11 nitrogen and oxygen atoms in total. The third-order valence-corrected chi connectivity index (χ3v) is 8.26. The van der Waals surface area contributed by atoms with Crippen molar-refractivity contribution in [2.24, 2.45) is 0 Å². The monoisotopic (exact) mass is 624 g/mol. The molecule has 0 spiro atoms. The number of hydrogen-bond donors (Lipinski definition) is 1. The lowest BCUT2D eigenvalue weighted by atomic mass is 10.1. The number of carbonyl (C=O) groups is 2. The first-order valence-corrected chi connectivity index (χ1v) is 15.9. The van der Waals surface area contributed by atoms with Gasteiger partial charge < -0.3 is 24.4 Å². The van der Waals surface area contributed by atoms with Crippen molar-refractivity contribution in [3.05, 3.63) is 58.6 Å². The van der Waals surface area contributed by atoms with E-state index in [1.54, 1.807) is 27.9 Å². The Morgan fingerprint density at radius 3 is 2.21 bits per heavy atom. The summed E-state index contributed by atoms with van der Waals surface area (Å²) in [7, 11) is -2.13. The minimum Gasteiger partial charge on any atom is -0.497 e. The maximum atomic E-state index is 12.7. The minimum absolute atomic E-state index is 0.0392. The highest BCUT2D eigenvalue weighted by Gasteiger charge is 2.26. The van der Waals surface area contributed by atoms with Crippen LogP contribution >= 0.6 is 11.6 Å². The van der Waals surface area contributed by atoms with Crippen molar-refractivity contribution in [1.82, 2.24) is 14.1 Å². The second kappa shape index (κ2) is 14.4. The Morgan fingerprint density at radius 2 is 1.67 bits per heavy atom. The second-order valence-corrected chi connectivity index (χ2v) is 13.7. The zero-order valence-electron chi connectivity index (χ0n) is 24.9. The largest absolute Gasteiger partial charge is 0.497 e. The fourth-order valence-corrected chi connectivity index (χ4v) is 5.57. The molecule has 1 aliphatic heterocycles. The van der Waals surface area contributed by atoms with Crippen molar-refractivity contribution < 1.29 is 32.6 Å². The molecule has 1 aliphatic rings. The van der Waals surface area contributed by atoms with Crippen LogP contribution in [0.15, 0.2) is 42.5 Å². The van der Waals surface area contributed by atoms with E-state index in [1.165, 1.54) is 4.90 Å². The standard InChI is InChI=1S/C29H41ClN4O7S/c1-29(2,3)41-27(35)21-34(42(5,38)39)17-16-33(19-22-6-10-25(40-4)11-7-22)26-18-24(30)9-8-23(26)20-31-12-14-32(15-13-31)28(36)37/h6-11,18H,12-17,19-21H2,1-5H3,(H,36,37). The number of methoxy groups -OCH3 is 1. The number of carbonyl (C=O) groups excluding carboxylic acids is 1. The van der Waals surface area contributed by atoms with Gasteiger partial charge in [-0.1, -0.05) is 29.8 Å². The molecular formula is C29H41ClN4O7S. The van der Waals surface area contributed by atoms with E-state index in [0.29, 0.717) is 44.3 Å². The maximum Gasteiger partial charge on any atom is 0.407 e. The average molecular weight is 625 g/mol. The van der Waals surface area contributed by atoms with Gasteiger partial charge in [0.05, 0.1) is 13.4 Å². The number of rotatable bonds is 12. The molecule has 13 heteroatoms. The molecule has 0 aromatic heterocycles. The number of piperazine rings is 1. The summed E-state index contributed by atoms with van der Waals surface area (Å²) in [6.07, 6.45) is 0.154. The van der Waals surface area contributed by atoms with Gasteiger partial charge in [-0.3, -0.25) is 9.69 Å². The van der Waals surface area contributed by atoms with Crippen LogP contribution in [0.4, 0.5) is 10.5 Å². The normalized spacial score (nSPS) is 14.6. The van der Waals surface area contributed by atoms with E-state index in [-0.39, 0.29) is 13.1 Å². The molecule has 2 aromatic rings. The van der Waals surface area contributed by atoms with Gasteiger partial charge in [-0.25, -0.2) is 13.2 Å². The lowest BCUT2D eigenvalue weighted by Crippen LogP contribution is -2.48. The van der Waals surface area contributed by atoms with E-state index in [0.717, 1.165) is 33.1 Å². The first kappa shape index (κ1) is 33.4. The SMILES string of the molecule is COc1ccc(CN(CCN(CC(=O)OC(C)(C)C)S(C)(=O)=O)c2cc(Cl)ccc2CN2CCN(C(=O)O)CC2)cc1. The second-order valence-electron chi connectivity index (χ2n) is 11.3. The Labute approximate surface area is 253 Å². The van der Waals surface area contributed by atoms with Gasteiger partial charge >= 0.3 is 12.1 Å². The van der Waals surface area contributed by atoms with Gasteiger partial charge in [-0.2, -0.15) is 4.31 Å². The number of benzene rings is 2. The molecule has 2 aromatic carbocycles. The number of esters is 1. The first-order chi connectivity index (χ1) is 19.6. The Balaban J connectivity index is 1.89. The molecule has 1 saturated heterocycles. The van der Waals surface area contributed by atoms with E-state index in [2.05, 4.69) is 4.90 Å². The summed E-state index contributed by atoms with van der Waals surface area (Å²) in [4.78, 5) is 29.5. The summed E-state index contributed by atoms with van der Waals surface area (Å²) in [6.45, 7) is 8.11. The van der Waals surface area contributed by atoms with E-state index < -0.39 is 34.2 Å². The molecule has 1 heterocycles. The van der Waals surface area contributed by atoms with Crippen LogP contribution in [0.5, 0.6) is 5.75 Å². The van der Waals surface area contributed by atoms with Gasteiger partial charge in [0.1, 0.15) is 17.9 Å². The summed E-state index contributed by atoms with van der Waals surface area (Å²) in [6, 6.07) is 13.2. The predicted octanol–water partition coefficient (Wildman–Crippen LogP) is 3.75. The van der Waals surface area contributed by atoms with E-state index >= 15 is 0 Å². The van der Waals surface area contributed by atoms with Crippen molar-refractivity contribution in [2.45, 2.75) is 39.5 Å². The molecule has 1 N–H and O–H groups in total. The Hall–Kier alpha value is -3.06. The fraction of sp³-hybridized carbons (Fsp3) is 0.517. The Kier molecular flexibility index (Phi) is 11.5. The van der Waals surface area contributed by atoms with Crippen LogP contribution in [0.2, 0.25) is 5.02 Å². The molecule has 1 amide bonds. The highest BCUT2D eigenvalue weighted by Crippen LogP contribution is 2.29. The number of hydrogen-bond acceptors (Lipinski definition) is 8. The number of ether oxygens (including phenoxy) is 2. The summed E-state index contributed by atoms with van der Waals surface area (Å²) in [5.41, 5.74) is 2.01. The fourth-order valence-electron chi connectivity index (χ4n) is 4.65. The zero-order chi connectivity index (χ0) is 31.1. The highest BCUT2D eigenvalue weighted by atomic mass is 35.5. The quantitative estimate of drug-likeness (QED) is 0.352. The molecule has 232 valence electrons. The van der Waals surface area contributed by atoms with E-state index in [9.17, 15) is 23.1 Å². The molecule has 0 aliphatic carbocycles. The van der Waals surface area contributed by atoms with Gasteiger partial charge in [0.15, 0.2) is 0 Å². The van der Waals surface area contributed by atoms with Crippen LogP contribution in [-0.2, 0) is 32.6 Å². The van der Waals surface area contributed by atoms with Crippen LogP contribution in [0.1, 0.15) is 31.9 Å². The number of carboxylic acid groups (broad SMARTS) is 1. The molecule has 1 fully saturated rings. The van der Waals surface area contributed by atoms with Gasteiger partial charge in [-0.15, -0.1) is 0 Å². The van der Waals surface area contributed by atoms with E-state index in [4.69, 9.17) is 21.1 Å². The van der Waals surface area contributed by atoms with Crippen molar-refractivity contribution >= 4 is 39.4 Å². The van der Waals surface area contributed by atoms with Crippen molar-refractivity contribution in [3.8, 4) is 5.75 Å². The third-order valence-electron chi connectivity index (χ3n) is 6.77. The van der Waals surface area contributed by atoms with Crippen molar-refractivity contribution in [2.75, 3.05) is 64.1 Å². The summed E-state index contributed by atoms with van der Waals surface area (Å²) >= 11 is 6.47. The van der Waals surface area contributed by atoms with Crippen LogP contribution in [0.3, 0.4) is 0 Å². The van der Waals surface area contributed by atoms with Gasteiger partial charge in [0, 0.05) is 63.1 Å². The van der Waals surface area contributed by atoms with Crippen LogP contribution in [0.25, 0.3) is 0 Å². The molecule has 0 radical (unpaired) electrons. The summed E-state index contributed by atoms with van der Waals surface area (Å²) in [5.74, 6) is 0.0911. The molecular weight excluding hydrogens is 584 g/mol. The lowest BCUT2D eigenvalue weighted by molar-refractivity contribution is -0.154. The average Bonchev–Trinajstić information content (AvgIpc) is 2.90. The van der Waals surface area contributed by atoms with Crippen molar-refractivity contribution in [1.29, 1.82) is 0 Å². The minimum atomic E-state index is -3.73. The van der Waals surface area contributed by atoms with Crippen LogP contribution in [-0.4, -0.2) is 104 Å². The zero-order valence-corrected chi connectivity index (χ0v) is 26.4. The van der Waals surface area contributed by atoms with E-state index in [1.807, 2.05) is 47.4 Å².